The first-order valence-electron chi connectivity index (χ1n) is 4.54. The maximum Gasteiger partial charge on any atom is 0.0841 e. The largest absolute Gasteiger partial charge is 0.370 e. The van der Waals surface area contributed by atoms with Crippen molar-refractivity contribution in [3.05, 3.63) is 0 Å². The van der Waals surface area contributed by atoms with Crippen molar-refractivity contribution in [2.24, 2.45) is 0 Å². The Hall–Kier alpha value is -0.0400. The molecule has 1 heteroatoms. The molecule has 1 aliphatic rings. The van der Waals surface area contributed by atoms with Gasteiger partial charge < -0.3 is 4.74 Å². The number of unbranched alkanes of at least 4 members (excludes halogenated alkanes) is 1. The molecular formula is C9H18O. The molecule has 0 N–H and O–H groups in total. The van der Waals surface area contributed by atoms with E-state index in [2.05, 4.69) is 13.8 Å². The molecule has 0 aromatic carbocycles. The van der Waals surface area contributed by atoms with E-state index < -0.39 is 0 Å². The summed E-state index contributed by atoms with van der Waals surface area (Å²) in [7, 11) is 0. The Morgan fingerprint density at radius 1 is 1.00 bits per heavy atom. The Labute approximate surface area is 63.8 Å². The minimum absolute atomic E-state index is 0.636. The molecule has 0 aromatic heterocycles. The zero-order valence-corrected chi connectivity index (χ0v) is 7.10. The average molecular weight is 142 g/mol. The van der Waals surface area contributed by atoms with E-state index in [1.165, 1.54) is 32.1 Å². The first-order chi connectivity index (χ1) is 4.88. The number of epoxide rings is 1. The number of rotatable bonds is 5. The molecule has 0 aliphatic carbocycles. The van der Waals surface area contributed by atoms with Gasteiger partial charge >= 0.3 is 0 Å². The van der Waals surface area contributed by atoms with E-state index in [0.717, 1.165) is 0 Å². The Balaban J connectivity index is 1.92. The van der Waals surface area contributed by atoms with Crippen molar-refractivity contribution in [1.82, 2.24) is 0 Å². The van der Waals surface area contributed by atoms with E-state index in [0.29, 0.717) is 12.2 Å². The summed E-state index contributed by atoms with van der Waals surface area (Å²) in [4.78, 5) is 0. The highest BCUT2D eigenvalue weighted by atomic mass is 16.6. The standard InChI is InChI=1S/C9H18O/c1-3-5-7-9-8(10-9)6-4-2/h8-9H,3-7H2,1-2H3. The Morgan fingerprint density at radius 2 is 1.70 bits per heavy atom. The van der Waals surface area contributed by atoms with Crippen LogP contribution >= 0.6 is 0 Å². The Bertz CT molecular complexity index is 90.7. The fourth-order valence-corrected chi connectivity index (χ4v) is 1.38. The molecule has 1 saturated heterocycles. The van der Waals surface area contributed by atoms with Crippen molar-refractivity contribution in [3.8, 4) is 0 Å². The van der Waals surface area contributed by atoms with Crippen molar-refractivity contribution in [1.29, 1.82) is 0 Å². The van der Waals surface area contributed by atoms with Crippen LogP contribution in [-0.4, -0.2) is 12.2 Å². The van der Waals surface area contributed by atoms with Gasteiger partial charge in [0.25, 0.3) is 0 Å². The van der Waals surface area contributed by atoms with Gasteiger partial charge in [-0.25, -0.2) is 0 Å². The van der Waals surface area contributed by atoms with Crippen molar-refractivity contribution in [3.63, 3.8) is 0 Å². The van der Waals surface area contributed by atoms with Crippen molar-refractivity contribution < 1.29 is 4.74 Å². The van der Waals surface area contributed by atoms with E-state index in [-0.39, 0.29) is 0 Å². The van der Waals surface area contributed by atoms with E-state index in [4.69, 9.17) is 4.74 Å². The average Bonchev–Trinajstić information content (AvgIpc) is 2.65. The normalized spacial score (nSPS) is 30.6. The van der Waals surface area contributed by atoms with Crippen LogP contribution in [0.2, 0.25) is 0 Å². The summed E-state index contributed by atoms with van der Waals surface area (Å²) in [5.41, 5.74) is 0. The minimum atomic E-state index is 0.636. The maximum absolute atomic E-state index is 5.46. The summed E-state index contributed by atoms with van der Waals surface area (Å²) in [6, 6.07) is 0. The van der Waals surface area contributed by atoms with E-state index >= 15 is 0 Å². The number of hydrogen-bond acceptors (Lipinski definition) is 1. The van der Waals surface area contributed by atoms with Gasteiger partial charge in [0.15, 0.2) is 0 Å². The molecule has 10 heavy (non-hydrogen) atoms. The molecule has 0 bridgehead atoms. The lowest BCUT2D eigenvalue weighted by molar-refractivity contribution is 0.352. The highest BCUT2D eigenvalue weighted by Crippen LogP contribution is 2.30. The van der Waals surface area contributed by atoms with Crippen LogP contribution < -0.4 is 0 Å². The number of ether oxygens (including phenoxy) is 1. The fraction of sp³-hybridized carbons (Fsp3) is 1.00. The van der Waals surface area contributed by atoms with Gasteiger partial charge in [-0.15, -0.1) is 0 Å². The molecule has 2 unspecified atom stereocenters. The first kappa shape index (κ1) is 8.06. The van der Waals surface area contributed by atoms with Gasteiger partial charge in [0.05, 0.1) is 12.2 Å². The predicted molar refractivity (Wildman–Crippen MR) is 43.1 cm³/mol. The highest BCUT2D eigenvalue weighted by Gasteiger charge is 2.36. The lowest BCUT2D eigenvalue weighted by Crippen LogP contribution is -1.92. The highest BCUT2D eigenvalue weighted by molar-refractivity contribution is 4.83. The van der Waals surface area contributed by atoms with Crippen LogP contribution in [0.5, 0.6) is 0 Å². The molecule has 1 fully saturated rings. The predicted octanol–water partition coefficient (Wildman–Crippen LogP) is 2.74. The molecule has 0 radical (unpaired) electrons. The van der Waals surface area contributed by atoms with Gasteiger partial charge in [0.2, 0.25) is 0 Å². The molecule has 0 spiro atoms. The van der Waals surface area contributed by atoms with Crippen LogP contribution in [0.1, 0.15) is 46.0 Å². The quantitative estimate of drug-likeness (QED) is 0.538. The zero-order valence-electron chi connectivity index (χ0n) is 7.10. The second-order valence-electron chi connectivity index (χ2n) is 3.14. The molecule has 2 atom stereocenters. The molecule has 1 aliphatic heterocycles. The molecule has 0 saturated carbocycles. The van der Waals surface area contributed by atoms with Gasteiger partial charge in [0, 0.05) is 0 Å². The van der Waals surface area contributed by atoms with Crippen LogP contribution in [0, 0.1) is 0 Å². The van der Waals surface area contributed by atoms with Gasteiger partial charge in [0.1, 0.15) is 0 Å². The number of hydrogen-bond donors (Lipinski definition) is 0. The summed E-state index contributed by atoms with van der Waals surface area (Å²) in [5, 5.41) is 0. The summed E-state index contributed by atoms with van der Waals surface area (Å²) >= 11 is 0. The summed E-state index contributed by atoms with van der Waals surface area (Å²) < 4.78 is 5.46. The van der Waals surface area contributed by atoms with Gasteiger partial charge in [-0.05, 0) is 12.8 Å². The van der Waals surface area contributed by atoms with Gasteiger partial charge in [-0.3, -0.25) is 0 Å². The molecule has 0 aromatic rings. The Morgan fingerprint density at radius 3 is 2.30 bits per heavy atom. The fourth-order valence-electron chi connectivity index (χ4n) is 1.38. The minimum Gasteiger partial charge on any atom is -0.370 e. The van der Waals surface area contributed by atoms with E-state index in [1.807, 2.05) is 0 Å². The molecular weight excluding hydrogens is 124 g/mol. The topological polar surface area (TPSA) is 12.5 Å². The monoisotopic (exact) mass is 142 g/mol. The van der Waals surface area contributed by atoms with Crippen molar-refractivity contribution in [2.75, 3.05) is 0 Å². The Kier molecular flexibility index (Phi) is 3.20. The summed E-state index contributed by atoms with van der Waals surface area (Å²) in [6.45, 7) is 4.45. The van der Waals surface area contributed by atoms with Crippen molar-refractivity contribution >= 4 is 0 Å². The smallest absolute Gasteiger partial charge is 0.0841 e. The van der Waals surface area contributed by atoms with Crippen molar-refractivity contribution in [2.45, 2.75) is 58.2 Å². The van der Waals surface area contributed by atoms with Gasteiger partial charge in [-0.2, -0.15) is 0 Å². The maximum atomic E-state index is 5.46. The SMILES string of the molecule is CCCCC1OC1CCC. The summed E-state index contributed by atoms with van der Waals surface area (Å²) in [6.07, 6.45) is 7.75. The van der Waals surface area contributed by atoms with E-state index in [9.17, 15) is 0 Å². The van der Waals surface area contributed by atoms with Gasteiger partial charge in [-0.1, -0.05) is 33.1 Å². The molecule has 1 heterocycles. The zero-order chi connectivity index (χ0) is 7.40. The summed E-state index contributed by atoms with van der Waals surface area (Å²) in [5.74, 6) is 0. The van der Waals surface area contributed by atoms with E-state index in [1.54, 1.807) is 0 Å². The second kappa shape index (κ2) is 3.97. The second-order valence-corrected chi connectivity index (χ2v) is 3.14. The third kappa shape index (κ3) is 2.30. The third-order valence-corrected chi connectivity index (χ3v) is 2.10. The van der Waals surface area contributed by atoms with Crippen LogP contribution in [-0.2, 0) is 4.74 Å². The lowest BCUT2D eigenvalue weighted by atomic mass is 10.1. The lowest BCUT2D eigenvalue weighted by Gasteiger charge is -1.90. The molecule has 0 amide bonds. The van der Waals surface area contributed by atoms with Crippen LogP contribution in [0.4, 0.5) is 0 Å². The molecule has 1 rings (SSSR count). The van der Waals surface area contributed by atoms with Crippen LogP contribution in [0.15, 0.2) is 0 Å². The van der Waals surface area contributed by atoms with Crippen LogP contribution in [0.25, 0.3) is 0 Å². The molecule has 60 valence electrons. The third-order valence-electron chi connectivity index (χ3n) is 2.10. The first-order valence-corrected chi connectivity index (χ1v) is 4.54. The molecule has 1 nitrogen and oxygen atoms in total. The van der Waals surface area contributed by atoms with Crippen LogP contribution in [0.3, 0.4) is 0 Å².